The third-order valence-electron chi connectivity index (χ3n) is 4.47. The Morgan fingerprint density at radius 1 is 1.04 bits per heavy atom. The standard InChI is InChI=1S/C19H17N3O2/c1-12-6-5-7-14(10-12)22-18(23)11-17(19(22)24)21-13(2)20-15-8-3-4-9-16(15)21/h3-10,17H,11H2,1-2H3. The lowest BCUT2D eigenvalue weighted by Crippen LogP contribution is -2.31. The number of anilines is 1. The molecule has 0 spiro atoms. The summed E-state index contributed by atoms with van der Waals surface area (Å²) in [7, 11) is 0. The van der Waals surface area contributed by atoms with Gasteiger partial charge in [-0.25, -0.2) is 9.88 Å². The molecule has 0 bridgehead atoms. The molecule has 0 saturated carbocycles. The number of aromatic nitrogens is 2. The highest BCUT2D eigenvalue weighted by Gasteiger charge is 2.41. The zero-order valence-corrected chi connectivity index (χ0v) is 13.6. The van der Waals surface area contributed by atoms with Crippen LogP contribution in [0.2, 0.25) is 0 Å². The Bertz CT molecular complexity index is 974. The number of fused-ring (bicyclic) bond motifs is 1. The first-order valence-electron chi connectivity index (χ1n) is 7.93. The number of benzene rings is 2. The monoisotopic (exact) mass is 319 g/mol. The maximum atomic E-state index is 13.0. The topological polar surface area (TPSA) is 55.2 Å². The van der Waals surface area contributed by atoms with Gasteiger partial charge in [-0.1, -0.05) is 24.3 Å². The van der Waals surface area contributed by atoms with Crippen LogP contribution in [0.5, 0.6) is 0 Å². The first-order valence-corrected chi connectivity index (χ1v) is 7.93. The van der Waals surface area contributed by atoms with Crippen LogP contribution in [0, 0.1) is 13.8 Å². The van der Waals surface area contributed by atoms with E-state index >= 15 is 0 Å². The fourth-order valence-corrected chi connectivity index (χ4v) is 3.41. The second kappa shape index (κ2) is 5.30. The highest BCUT2D eigenvalue weighted by Crippen LogP contribution is 2.33. The predicted octanol–water partition coefficient (Wildman–Crippen LogP) is 3.16. The van der Waals surface area contributed by atoms with Crippen LogP contribution in [0.4, 0.5) is 5.69 Å². The van der Waals surface area contributed by atoms with Gasteiger partial charge in [0.05, 0.1) is 23.1 Å². The number of carbonyl (C=O) groups is 2. The summed E-state index contributed by atoms with van der Waals surface area (Å²) in [5.41, 5.74) is 3.37. The van der Waals surface area contributed by atoms with E-state index in [1.54, 1.807) is 6.07 Å². The minimum atomic E-state index is -0.537. The van der Waals surface area contributed by atoms with Crippen molar-refractivity contribution in [3.63, 3.8) is 0 Å². The number of aryl methyl sites for hydroxylation is 2. The maximum Gasteiger partial charge on any atom is 0.257 e. The summed E-state index contributed by atoms with van der Waals surface area (Å²) in [6.45, 7) is 3.81. The largest absolute Gasteiger partial charge is 0.315 e. The van der Waals surface area contributed by atoms with Crippen molar-refractivity contribution in [1.29, 1.82) is 0 Å². The molecule has 2 aromatic carbocycles. The molecule has 1 unspecified atom stereocenters. The van der Waals surface area contributed by atoms with Gasteiger partial charge >= 0.3 is 0 Å². The van der Waals surface area contributed by atoms with Gasteiger partial charge in [-0.3, -0.25) is 9.59 Å². The minimum absolute atomic E-state index is 0.161. The Hall–Kier alpha value is -2.95. The van der Waals surface area contributed by atoms with Gasteiger partial charge in [0.2, 0.25) is 5.91 Å². The molecule has 0 aliphatic carbocycles. The molecule has 5 nitrogen and oxygen atoms in total. The molecule has 24 heavy (non-hydrogen) atoms. The number of amides is 2. The number of carbonyl (C=O) groups excluding carboxylic acids is 2. The summed E-state index contributed by atoms with van der Waals surface area (Å²) in [5, 5.41) is 0. The molecule has 2 amide bonds. The van der Waals surface area contributed by atoms with Gasteiger partial charge in [0.15, 0.2) is 0 Å². The molecule has 3 aromatic rings. The third-order valence-corrected chi connectivity index (χ3v) is 4.47. The van der Waals surface area contributed by atoms with Gasteiger partial charge in [0.1, 0.15) is 11.9 Å². The lowest BCUT2D eigenvalue weighted by Gasteiger charge is -2.17. The van der Waals surface area contributed by atoms with Crippen LogP contribution in [-0.4, -0.2) is 21.4 Å². The molecule has 2 heterocycles. The second-order valence-corrected chi connectivity index (χ2v) is 6.14. The van der Waals surface area contributed by atoms with E-state index in [1.807, 2.05) is 60.9 Å². The number of rotatable bonds is 2. The van der Waals surface area contributed by atoms with Crippen LogP contribution >= 0.6 is 0 Å². The van der Waals surface area contributed by atoms with E-state index in [1.165, 1.54) is 4.90 Å². The number of imide groups is 1. The third kappa shape index (κ3) is 2.12. The SMILES string of the molecule is Cc1cccc(N2C(=O)CC(n3c(C)nc4ccccc43)C2=O)c1. The number of imidazole rings is 1. The summed E-state index contributed by atoms with van der Waals surface area (Å²) in [6.07, 6.45) is 0.161. The lowest BCUT2D eigenvalue weighted by atomic mass is 10.2. The number of hydrogen-bond acceptors (Lipinski definition) is 3. The van der Waals surface area contributed by atoms with Gasteiger partial charge < -0.3 is 4.57 Å². The van der Waals surface area contributed by atoms with Crippen molar-refractivity contribution in [2.45, 2.75) is 26.3 Å². The van der Waals surface area contributed by atoms with Crippen molar-refractivity contribution < 1.29 is 9.59 Å². The smallest absolute Gasteiger partial charge is 0.257 e. The quantitative estimate of drug-likeness (QED) is 0.682. The highest BCUT2D eigenvalue weighted by atomic mass is 16.2. The van der Waals surface area contributed by atoms with Crippen LogP contribution in [0.1, 0.15) is 23.9 Å². The second-order valence-electron chi connectivity index (χ2n) is 6.14. The molecule has 1 atom stereocenters. The summed E-state index contributed by atoms with van der Waals surface area (Å²) in [4.78, 5) is 31.3. The fraction of sp³-hybridized carbons (Fsp3) is 0.211. The van der Waals surface area contributed by atoms with Gasteiger partial charge in [-0.15, -0.1) is 0 Å². The van der Waals surface area contributed by atoms with E-state index in [4.69, 9.17) is 0 Å². The zero-order valence-electron chi connectivity index (χ0n) is 13.6. The molecule has 5 heteroatoms. The van der Waals surface area contributed by atoms with Gasteiger partial charge in [-0.05, 0) is 43.7 Å². The van der Waals surface area contributed by atoms with E-state index in [0.29, 0.717) is 5.69 Å². The van der Waals surface area contributed by atoms with Gasteiger partial charge in [-0.2, -0.15) is 0 Å². The summed E-state index contributed by atoms with van der Waals surface area (Å²) in [6, 6.07) is 14.6. The van der Waals surface area contributed by atoms with Crippen molar-refractivity contribution in [3.05, 3.63) is 59.9 Å². The van der Waals surface area contributed by atoms with Crippen molar-refractivity contribution >= 4 is 28.5 Å². The molecule has 120 valence electrons. The molecule has 0 radical (unpaired) electrons. The van der Waals surface area contributed by atoms with Crippen LogP contribution in [0.3, 0.4) is 0 Å². The Balaban J connectivity index is 1.79. The molecule has 4 rings (SSSR count). The molecule has 0 N–H and O–H groups in total. The van der Waals surface area contributed by atoms with Crippen LogP contribution in [-0.2, 0) is 9.59 Å². The van der Waals surface area contributed by atoms with E-state index in [-0.39, 0.29) is 18.2 Å². The molecule has 1 fully saturated rings. The fourth-order valence-electron chi connectivity index (χ4n) is 3.41. The maximum absolute atomic E-state index is 13.0. The molecule has 1 saturated heterocycles. The zero-order chi connectivity index (χ0) is 16.8. The molecular formula is C19H17N3O2. The van der Waals surface area contributed by atoms with Crippen molar-refractivity contribution in [3.8, 4) is 0 Å². The summed E-state index contributed by atoms with van der Waals surface area (Å²) < 4.78 is 1.88. The average molecular weight is 319 g/mol. The average Bonchev–Trinajstić information content (AvgIpc) is 3.02. The molecule has 1 aromatic heterocycles. The number of para-hydroxylation sites is 2. The summed E-state index contributed by atoms with van der Waals surface area (Å²) >= 11 is 0. The molecule has 1 aliphatic heterocycles. The van der Waals surface area contributed by atoms with Crippen LogP contribution in [0.15, 0.2) is 48.5 Å². The first-order chi connectivity index (χ1) is 11.6. The molecular weight excluding hydrogens is 302 g/mol. The van der Waals surface area contributed by atoms with Crippen molar-refractivity contribution in [2.24, 2.45) is 0 Å². The Morgan fingerprint density at radius 3 is 2.62 bits per heavy atom. The van der Waals surface area contributed by atoms with E-state index in [0.717, 1.165) is 22.4 Å². The van der Waals surface area contributed by atoms with E-state index in [2.05, 4.69) is 4.98 Å². The van der Waals surface area contributed by atoms with E-state index in [9.17, 15) is 9.59 Å². The van der Waals surface area contributed by atoms with E-state index < -0.39 is 6.04 Å². The Labute approximate surface area is 139 Å². The minimum Gasteiger partial charge on any atom is -0.315 e. The van der Waals surface area contributed by atoms with Crippen molar-refractivity contribution in [2.75, 3.05) is 4.90 Å². The Morgan fingerprint density at radius 2 is 1.83 bits per heavy atom. The van der Waals surface area contributed by atoms with Gasteiger partial charge in [0, 0.05) is 0 Å². The lowest BCUT2D eigenvalue weighted by molar-refractivity contribution is -0.122. The number of hydrogen-bond donors (Lipinski definition) is 0. The molecule has 1 aliphatic rings. The summed E-state index contributed by atoms with van der Waals surface area (Å²) in [5.74, 6) is 0.373. The van der Waals surface area contributed by atoms with Crippen LogP contribution < -0.4 is 4.90 Å². The van der Waals surface area contributed by atoms with Crippen LogP contribution in [0.25, 0.3) is 11.0 Å². The normalized spacial score (nSPS) is 17.9. The first kappa shape index (κ1) is 14.6. The van der Waals surface area contributed by atoms with Crippen molar-refractivity contribution in [1.82, 2.24) is 9.55 Å². The predicted molar refractivity (Wildman–Crippen MR) is 91.8 cm³/mol. The van der Waals surface area contributed by atoms with Gasteiger partial charge in [0.25, 0.3) is 5.91 Å². The Kier molecular flexibility index (Phi) is 3.23. The number of nitrogens with zero attached hydrogens (tertiary/aromatic N) is 3. The highest BCUT2D eigenvalue weighted by molar-refractivity contribution is 6.22.